The molecule has 2 heterocycles. The Morgan fingerprint density at radius 2 is 1.95 bits per heavy atom. The van der Waals surface area contributed by atoms with Crippen molar-refractivity contribution in [3.05, 3.63) is 29.9 Å². The van der Waals surface area contributed by atoms with E-state index in [9.17, 15) is 4.39 Å². The molecule has 0 atom stereocenters. The van der Waals surface area contributed by atoms with Gasteiger partial charge in [0.05, 0.1) is 17.6 Å². The maximum absolute atomic E-state index is 14.4. The largest absolute Gasteiger partial charge is 0.397 e. The van der Waals surface area contributed by atoms with Crippen LogP contribution in [0.5, 0.6) is 0 Å². The van der Waals surface area contributed by atoms with Crippen LogP contribution in [0.15, 0.2) is 22.9 Å². The van der Waals surface area contributed by atoms with Gasteiger partial charge in [0, 0.05) is 24.2 Å². The van der Waals surface area contributed by atoms with Gasteiger partial charge < -0.3 is 15.2 Å². The maximum Gasteiger partial charge on any atom is 0.141 e. The first-order valence-corrected chi connectivity index (χ1v) is 6.92. The van der Waals surface area contributed by atoms with E-state index < -0.39 is 0 Å². The van der Waals surface area contributed by atoms with Gasteiger partial charge in [0.2, 0.25) is 0 Å². The number of rotatable bonds is 2. The van der Waals surface area contributed by atoms with Gasteiger partial charge in [-0.2, -0.15) is 0 Å². The molecule has 4 nitrogen and oxygen atoms in total. The zero-order valence-corrected chi connectivity index (χ0v) is 11.5. The lowest BCUT2D eigenvalue weighted by molar-refractivity contribution is 0.398. The van der Waals surface area contributed by atoms with E-state index in [1.165, 1.54) is 18.7 Å². The summed E-state index contributed by atoms with van der Waals surface area (Å²) in [5, 5.41) is 3.69. The minimum absolute atomic E-state index is 0.286. The monoisotopic (exact) mass is 275 g/mol. The summed E-state index contributed by atoms with van der Waals surface area (Å²) in [4.78, 5) is 2.16. The van der Waals surface area contributed by atoms with Crippen molar-refractivity contribution in [1.29, 1.82) is 0 Å². The third-order valence-electron chi connectivity index (χ3n) is 3.85. The van der Waals surface area contributed by atoms with Crippen molar-refractivity contribution in [2.75, 3.05) is 23.7 Å². The molecule has 1 saturated heterocycles. The molecular weight excluding hydrogens is 257 g/mol. The van der Waals surface area contributed by atoms with E-state index in [0.717, 1.165) is 31.6 Å². The van der Waals surface area contributed by atoms with E-state index in [-0.39, 0.29) is 5.82 Å². The highest BCUT2D eigenvalue weighted by Crippen LogP contribution is 2.34. The van der Waals surface area contributed by atoms with Crippen LogP contribution in [0.25, 0.3) is 11.1 Å². The highest BCUT2D eigenvalue weighted by atomic mass is 19.1. The van der Waals surface area contributed by atoms with Crippen LogP contribution in [0.2, 0.25) is 0 Å². The van der Waals surface area contributed by atoms with Crippen molar-refractivity contribution in [3.63, 3.8) is 0 Å². The Labute approximate surface area is 117 Å². The number of hydrogen-bond acceptors (Lipinski definition) is 4. The average Bonchev–Trinajstić information content (AvgIpc) is 2.88. The van der Waals surface area contributed by atoms with Gasteiger partial charge in [-0.3, -0.25) is 0 Å². The van der Waals surface area contributed by atoms with E-state index in [1.54, 1.807) is 13.0 Å². The summed E-state index contributed by atoms with van der Waals surface area (Å²) in [5.74, 6) is 0.306. The molecule has 0 aliphatic carbocycles. The van der Waals surface area contributed by atoms with Gasteiger partial charge in [0.1, 0.15) is 11.6 Å². The fourth-order valence-electron chi connectivity index (χ4n) is 2.75. The van der Waals surface area contributed by atoms with Crippen molar-refractivity contribution >= 4 is 11.4 Å². The molecular formula is C15H18FN3O. The van der Waals surface area contributed by atoms with Gasteiger partial charge in [0.15, 0.2) is 0 Å². The Hall–Kier alpha value is -2.04. The standard InChI is InChI=1S/C15H18FN3O/c1-10-12(9-18-20-10)11-7-14(17)15(8-13(11)16)19-5-3-2-4-6-19/h7-9H,2-6,17H2,1H3. The Morgan fingerprint density at radius 1 is 1.20 bits per heavy atom. The zero-order valence-electron chi connectivity index (χ0n) is 11.5. The lowest BCUT2D eigenvalue weighted by Crippen LogP contribution is -2.30. The van der Waals surface area contributed by atoms with Crippen LogP contribution in [0, 0.1) is 12.7 Å². The molecule has 0 saturated carbocycles. The fraction of sp³-hybridized carbons (Fsp3) is 0.400. The van der Waals surface area contributed by atoms with Gasteiger partial charge >= 0.3 is 0 Å². The number of piperidine rings is 1. The van der Waals surface area contributed by atoms with Crippen LogP contribution in [-0.4, -0.2) is 18.2 Å². The van der Waals surface area contributed by atoms with E-state index >= 15 is 0 Å². The van der Waals surface area contributed by atoms with Crippen molar-refractivity contribution in [2.45, 2.75) is 26.2 Å². The molecule has 0 bridgehead atoms. The van der Waals surface area contributed by atoms with Crippen LogP contribution in [0.1, 0.15) is 25.0 Å². The summed E-state index contributed by atoms with van der Waals surface area (Å²) in [6.45, 7) is 3.64. The Balaban J connectivity index is 2.00. The lowest BCUT2D eigenvalue weighted by atomic mass is 10.0. The minimum Gasteiger partial charge on any atom is -0.397 e. The molecule has 0 radical (unpaired) electrons. The van der Waals surface area contributed by atoms with Crippen LogP contribution in [0.4, 0.5) is 15.8 Å². The number of nitrogen functional groups attached to an aromatic ring is 1. The average molecular weight is 275 g/mol. The summed E-state index contributed by atoms with van der Waals surface area (Å²) < 4.78 is 19.4. The number of halogens is 1. The summed E-state index contributed by atoms with van der Waals surface area (Å²) >= 11 is 0. The second-order valence-electron chi connectivity index (χ2n) is 5.23. The van der Waals surface area contributed by atoms with Gasteiger partial charge in [-0.15, -0.1) is 0 Å². The third-order valence-corrected chi connectivity index (χ3v) is 3.85. The summed E-state index contributed by atoms with van der Waals surface area (Å²) in [5.41, 5.74) is 8.61. The van der Waals surface area contributed by atoms with Crippen LogP contribution < -0.4 is 10.6 Å². The molecule has 2 aromatic rings. The molecule has 1 aromatic carbocycles. The van der Waals surface area contributed by atoms with E-state index in [0.29, 0.717) is 22.6 Å². The van der Waals surface area contributed by atoms with E-state index in [2.05, 4.69) is 10.1 Å². The number of nitrogens with zero attached hydrogens (tertiary/aromatic N) is 2. The maximum atomic E-state index is 14.4. The summed E-state index contributed by atoms with van der Waals surface area (Å²) in [6, 6.07) is 3.21. The molecule has 1 aromatic heterocycles. The second-order valence-corrected chi connectivity index (χ2v) is 5.23. The number of aryl methyl sites for hydroxylation is 1. The zero-order chi connectivity index (χ0) is 14.1. The Kier molecular flexibility index (Phi) is 3.34. The number of benzene rings is 1. The van der Waals surface area contributed by atoms with Crippen molar-refractivity contribution < 1.29 is 8.91 Å². The first-order valence-electron chi connectivity index (χ1n) is 6.92. The van der Waals surface area contributed by atoms with E-state index in [4.69, 9.17) is 10.3 Å². The molecule has 20 heavy (non-hydrogen) atoms. The molecule has 106 valence electrons. The summed E-state index contributed by atoms with van der Waals surface area (Å²) in [7, 11) is 0. The topological polar surface area (TPSA) is 55.3 Å². The quantitative estimate of drug-likeness (QED) is 0.854. The number of aromatic nitrogens is 1. The minimum atomic E-state index is -0.286. The highest BCUT2D eigenvalue weighted by molar-refractivity contribution is 5.77. The van der Waals surface area contributed by atoms with Crippen molar-refractivity contribution in [2.24, 2.45) is 0 Å². The van der Waals surface area contributed by atoms with Crippen LogP contribution >= 0.6 is 0 Å². The molecule has 2 N–H and O–H groups in total. The van der Waals surface area contributed by atoms with Crippen LogP contribution in [0.3, 0.4) is 0 Å². The third kappa shape index (κ3) is 2.24. The number of hydrogen-bond donors (Lipinski definition) is 1. The molecule has 1 aliphatic rings. The molecule has 1 aliphatic heterocycles. The smallest absolute Gasteiger partial charge is 0.141 e. The Morgan fingerprint density at radius 3 is 2.60 bits per heavy atom. The number of nitrogens with two attached hydrogens (primary N) is 1. The SMILES string of the molecule is Cc1oncc1-c1cc(N)c(N2CCCCC2)cc1F. The van der Waals surface area contributed by atoms with E-state index in [1.807, 2.05) is 0 Å². The van der Waals surface area contributed by atoms with Gasteiger partial charge in [-0.05, 0) is 38.3 Å². The van der Waals surface area contributed by atoms with Gasteiger partial charge in [-0.25, -0.2) is 4.39 Å². The predicted molar refractivity (Wildman–Crippen MR) is 77.1 cm³/mol. The number of anilines is 2. The molecule has 0 unspecified atom stereocenters. The van der Waals surface area contributed by atoms with Gasteiger partial charge in [-0.1, -0.05) is 5.16 Å². The van der Waals surface area contributed by atoms with Crippen molar-refractivity contribution in [3.8, 4) is 11.1 Å². The predicted octanol–water partition coefficient (Wildman–Crippen LogP) is 3.36. The second kappa shape index (κ2) is 5.15. The Bertz CT molecular complexity index is 618. The normalized spacial score (nSPS) is 15.6. The van der Waals surface area contributed by atoms with Crippen molar-refractivity contribution in [1.82, 2.24) is 5.16 Å². The lowest BCUT2D eigenvalue weighted by Gasteiger charge is -2.30. The first kappa shape index (κ1) is 13.0. The molecule has 5 heteroatoms. The first-order chi connectivity index (χ1) is 9.66. The highest BCUT2D eigenvalue weighted by Gasteiger charge is 2.18. The fourth-order valence-corrected chi connectivity index (χ4v) is 2.75. The molecule has 0 spiro atoms. The molecule has 0 amide bonds. The van der Waals surface area contributed by atoms with Crippen LogP contribution in [-0.2, 0) is 0 Å². The summed E-state index contributed by atoms with van der Waals surface area (Å²) in [6.07, 6.45) is 5.02. The molecule has 3 rings (SSSR count). The van der Waals surface area contributed by atoms with Gasteiger partial charge in [0.25, 0.3) is 0 Å². The molecule has 1 fully saturated rings.